The van der Waals surface area contributed by atoms with E-state index < -0.39 is 212 Å². The van der Waals surface area contributed by atoms with Gasteiger partial charge in [0.25, 0.3) is 0 Å². The zero-order valence-electron chi connectivity index (χ0n) is 59.5. The van der Waals surface area contributed by atoms with E-state index in [1.165, 1.54) is 62.4 Å². The molecule has 0 bridgehead atoms. The van der Waals surface area contributed by atoms with E-state index in [4.69, 9.17) is 34.4 Å². The molecule has 42 nitrogen and oxygen atoms in total. The lowest BCUT2D eigenvalue weighted by Gasteiger charge is -2.26. The van der Waals surface area contributed by atoms with Crippen molar-refractivity contribution in [1.82, 2.24) is 69.1 Å². The van der Waals surface area contributed by atoms with Crippen molar-refractivity contribution >= 4 is 119 Å². The Morgan fingerprint density at radius 1 is 0.421 bits per heavy atom. The maximum Gasteiger partial charge on any atom is 0.305 e. The number of aliphatic carboxylic acids is 2. The fourth-order valence-corrected chi connectivity index (χ4v) is 9.83. The largest absolute Gasteiger partial charge is 0.508 e. The Morgan fingerprint density at radius 2 is 0.776 bits per heavy atom. The van der Waals surface area contributed by atoms with Crippen LogP contribution in [0, 0.1) is 5.92 Å². The predicted octanol–water partition coefficient (Wildman–Crippen LogP) is -9.26. The van der Waals surface area contributed by atoms with Gasteiger partial charge in [0.15, 0.2) is 11.9 Å². The summed E-state index contributed by atoms with van der Waals surface area (Å²) in [5.41, 5.74) is 34.0. The second kappa shape index (κ2) is 47.0. The van der Waals surface area contributed by atoms with Crippen LogP contribution in [0.15, 0.2) is 58.5 Å². The molecule has 0 saturated carbocycles. The number of phenolic OH excluding ortho intramolecular Hbond substituents is 2. The topological polar surface area (TPSA) is 712 Å². The predicted molar refractivity (Wildman–Crippen MR) is 384 cm³/mol. The number of nitrogens with one attached hydrogen (secondary N) is 13. The van der Waals surface area contributed by atoms with Gasteiger partial charge < -0.3 is 129 Å². The first-order chi connectivity index (χ1) is 50.2. The van der Waals surface area contributed by atoms with Gasteiger partial charge in [-0.25, -0.2) is 0 Å². The van der Waals surface area contributed by atoms with E-state index in [1.807, 2.05) is 13.8 Å². The van der Waals surface area contributed by atoms with Crippen LogP contribution in [-0.4, -0.2) is 243 Å². The summed E-state index contributed by atoms with van der Waals surface area (Å²) in [5.74, 6) is -18.6. The Labute approximate surface area is 619 Å². The number of phenols is 2. The third-order valence-corrected chi connectivity index (χ3v) is 15.7. The highest BCUT2D eigenvalue weighted by molar-refractivity contribution is 7.80. The number of carbonyl (C=O) groups is 16. The Balaban J connectivity index is 2.16. The fourth-order valence-electron chi connectivity index (χ4n) is 9.58. The number of carboxylic acid groups (broad SMARTS) is 2. The molecule has 0 aliphatic carbocycles. The zero-order chi connectivity index (χ0) is 80.8. The van der Waals surface area contributed by atoms with Crippen LogP contribution in [0.5, 0.6) is 11.5 Å². The van der Waals surface area contributed by atoms with Crippen LogP contribution in [-0.2, 0) is 89.6 Å². The Hall–Kier alpha value is -11.6. The first-order valence-corrected chi connectivity index (χ1v) is 34.1. The summed E-state index contributed by atoms with van der Waals surface area (Å²) in [5, 5.41) is 78.7. The molecule has 0 radical (unpaired) electrons. The van der Waals surface area contributed by atoms with Crippen molar-refractivity contribution in [1.29, 1.82) is 0 Å². The lowest BCUT2D eigenvalue weighted by molar-refractivity contribution is -0.141. The molecule has 107 heavy (non-hydrogen) atoms. The van der Waals surface area contributed by atoms with Gasteiger partial charge in [0.05, 0.1) is 32.2 Å². The standard InChI is InChI=1S/C64H99N21O21S/c1-30(2)22-38(65)55(99)82-42(23-34-10-14-36(87)15-11-34)59(103)80-39(8-6-20-71-63(67)68)56(100)76-32(4)53(97)73-26-47(89)75-31(3)52(96)74-27-48(90)78-44(25-50(93)94)61(105)85-46(29-107)62(106)81-40(9-7-21-72-64(69)70)57(101)77-33(5)54(98)79-41(18-19-49(91)92)58(102)83-43(24-35-12-16-37(88)17-13-35)60(104)84-45(28-86)51(66)95/h10-17,30-33,38-46,86-88,107H,6-9,18-29,65H2,1-5H3,(H2,66,95)(H,73,97)(H,74,96)(H,75,89)(H,76,100)(H,77,101)(H,78,90)(H,79,98)(H,80,103)(H,81,106)(H,82,99)(H,83,102)(H,84,104)(H,85,105)(H,91,92)(H,93,94)(H4,67,68,71)(H4,69,70,72)/t31-,32-,33-,38-,39-,40-,41-,42-,43-,44-,45-,46-/m0/s1. The minimum absolute atomic E-state index is 0.0225. The van der Waals surface area contributed by atoms with Crippen molar-refractivity contribution in [3.63, 3.8) is 0 Å². The van der Waals surface area contributed by atoms with E-state index in [1.54, 1.807) is 0 Å². The zero-order valence-corrected chi connectivity index (χ0v) is 60.4. The number of amides is 14. The molecule has 2 rings (SSSR count). The van der Waals surface area contributed by atoms with E-state index in [2.05, 4.69) is 91.7 Å². The molecule has 12 atom stereocenters. The monoisotopic (exact) mass is 1530 g/mol. The minimum atomic E-state index is -1.95. The normalized spacial score (nSPS) is 14.2. The molecule has 2 aromatic rings. The second-order valence-corrected chi connectivity index (χ2v) is 25.3. The average molecular weight is 1530 g/mol. The van der Waals surface area contributed by atoms with Crippen molar-refractivity contribution < 1.29 is 102 Å². The molecule has 2 aromatic carbocycles. The van der Waals surface area contributed by atoms with Crippen molar-refractivity contribution in [2.75, 3.05) is 38.5 Å². The van der Waals surface area contributed by atoms with E-state index in [-0.39, 0.29) is 87.4 Å². The molecule has 0 heterocycles. The highest BCUT2D eigenvalue weighted by Crippen LogP contribution is 2.15. The fraction of sp³-hybridized carbons (Fsp3) is 0.531. The number of rotatable bonds is 48. The number of primary amides is 1. The van der Waals surface area contributed by atoms with Gasteiger partial charge >= 0.3 is 11.9 Å². The number of hydrogen-bond donors (Lipinski definition) is 25. The quantitative estimate of drug-likeness (QED) is 0.0127. The molecule has 0 aliphatic rings. The smallest absolute Gasteiger partial charge is 0.305 e. The van der Waals surface area contributed by atoms with Gasteiger partial charge in [-0.3, -0.25) is 86.7 Å². The number of hydrogen-bond acceptors (Lipinski definition) is 23. The van der Waals surface area contributed by atoms with Crippen LogP contribution in [0.1, 0.15) is 97.1 Å². The average Bonchev–Trinajstić information content (AvgIpc) is 0.862. The number of aromatic hydroxyl groups is 2. The summed E-state index contributed by atoms with van der Waals surface area (Å²) < 4.78 is 0. The van der Waals surface area contributed by atoms with E-state index in [0.717, 1.165) is 6.92 Å². The van der Waals surface area contributed by atoms with Crippen molar-refractivity contribution in [3.8, 4) is 11.5 Å². The molecule has 0 saturated heterocycles. The van der Waals surface area contributed by atoms with Crippen molar-refractivity contribution in [3.05, 3.63) is 59.7 Å². The lowest BCUT2D eigenvalue weighted by atomic mass is 10.0. The lowest BCUT2D eigenvalue weighted by Crippen LogP contribution is -2.60. The first kappa shape index (κ1) is 91.5. The van der Waals surface area contributed by atoms with Crippen LogP contribution in [0.3, 0.4) is 0 Å². The highest BCUT2D eigenvalue weighted by atomic mass is 32.1. The molecule has 592 valence electrons. The third-order valence-electron chi connectivity index (χ3n) is 15.3. The summed E-state index contributed by atoms with van der Waals surface area (Å²) in [7, 11) is 0. The number of nitrogens with zero attached hydrogens (tertiary/aromatic N) is 2. The van der Waals surface area contributed by atoms with Gasteiger partial charge in [-0.05, 0) is 101 Å². The first-order valence-electron chi connectivity index (χ1n) is 33.5. The molecule has 14 amide bonds. The van der Waals surface area contributed by atoms with Crippen LogP contribution in [0.4, 0.5) is 0 Å². The number of aliphatic hydroxyl groups excluding tert-OH is 1. The third kappa shape index (κ3) is 36.1. The van der Waals surface area contributed by atoms with Crippen molar-refractivity contribution in [2.45, 2.75) is 171 Å². The van der Waals surface area contributed by atoms with Gasteiger partial charge in [0, 0.05) is 38.1 Å². The maximum atomic E-state index is 13.9. The van der Waals surface area contributed by atoms with Crippen LogP contribution in [0.2, 0.25) is 0 Å². The van der Waals surface area contributed by atoms with Crippen LogP contribution >= 0.6 is 12.6 Å². The number of aliphatic imine (C=N–C) groups is 2. The molecular weight excluding hydrogens is 1430 g/mol. The van der Waals surface area contributed by atoms with Gasteiger partial charge in [-0.1, -0.05) is 38.1 Å². The van der Waals surface area contributed by atoms with Crippen LogP contribution in [0.25, 0.3) is 0 Å². The number of carboxylic acids is 2. The van der Waals surface area contributed by atoms with E-state index in [9.17, 15) is 102 Å². The number of carbonyl (C=O) groups excluding carboxylic acids is 14. The van der Waals surface area contributed by atoms with E-state index in [0.29, 0.717) is 11.1 Å². The molecular formula is C64H99N21O21S. The van der Waals surface area contributed by atoms with Gasteiger partial charge in [0.1, 0.15) is 78.0 Å². The molecule has 0 aromatic heterocycles. The number of aliphatic hydroxyl groups is 1. The molecule has 0 fully saturated rings. The number of nitrogens with two attached hydrogens (primary N) is 6. The summed E-state index contributed by atoms with van der Waals surface area (Å²) in [4.78, 5) is 219. The number of thiol groups is 1. The van der Waals surface area contributed by atoms with Gasteiger partial charge in [-0.15, -0.1) is 0 Å². The SMILES string of the molecule is CC(C)C[C@H](N)C(=O)N[C@@H](Cc1ccc(O)cc1)C(=O)N[C@@H](CCCN=C(N)N)C(=O)N[C@@H](C)C(=O)NCC(=O)N[C@@H](C)C(=O)NCC(=O)N[C@@H](CC(=O)O)C(=O)N[C@@H](CS)C(=O)N[C@@H](CCCN=C(N)N)C(=O)N[C@@H](C)C(=O)N[C@@H](CCC(=O)O)C(=O)N[C@@H](Cc1ccc(O)cc1)C(=O)N[C@@H](CO)C(N)=O. The number of guanidine groups is 2. The summed E-state index contributed by atoms with van der Waals surface area (Å²) >= 11 is 4.12. The molecule has 30 N–H and O–H groups in total. The summed E-state index contributed by atoms with van der Waals surface area (Å²) in [6, 6.07) is -7.02. The highest BCUT2D eigenvalue weighted by Gasteiger charge is 2.36. The van der Waals surface area contributed by atoms with E-state index >= 15 is 0 Å². The molecule has 0 aliphatic heterocycles. The second-order valence-electron chi connectivity index (χ2n) is 24.9. The molecule has 0 spiro atoms. The minimum Gasteiger partial charge on any atom is -0.508 e. The Bertz CT molecular complexity index is 3490. The van der Waals surface area contributed by atoms with Gasteiger partial charge in [-0.2, -0.15) is 12.6 Å². The Kier molecular flexibility index (Phi) is 40.1. The maximum absolute atomic E-state index is 13.9. The summed E-state index contributed by atoms with van der Waals surface area (Å²) in [6.45, 7) is 4.56. The molecule has 43 heteroatoms. The Morgan fingerprint density at radius 3 is 1.19 bits per heavy atom. The number of benzene rings is 2. The molecule has 0 unspecified atom stereocenters. The summed E-state index contributed by atoms with van der Waals surface area (Å²) in [6.07, 6.45) is -2.78. The van der Waals surface area contributed by atoms with Gasteiger partial charge in [0.2, 0.25) is 82.7 Å². The van der Waals surface area contributed by atoms with Crippen molar-refractivity contribution in [2.24, 2.45) is 50.3 Å². The van der Waals surface area contributed by atoms with Crippen LogP contribution < -0.4 is 104 Å².